The van der Waals surface area contributed by atoms with E-state index in [0.29, 0.717) is 6.54 Å². The summed E-state index contributed by atoms with van der Waals surface area (Å²) in [5.41, 5.74) is 5.58. The summed E-state index contributed by atoms with van der Waals surface area (Å²) >= 11 is 0. The number of nitrogen functional groups attached to an aromatic ring is 1. The molecule has 0 atom stereocenters. The summed E-state index contributed by atoms with van der Waals surface area (Å²) in [5.74, 6) is -1.84. The molecule has 1 aliphatic rings. The van der Waals surface area contributed by atoms with Gasteiger partial charge < -0.3 is 15.8 Å². The Morgan fingerprint density at radius 3 is 2.65 bits per heavy atom. The number of nitrogens with one attached hydrogen (secondary N) is 1. The average molecular weight is 242 g/mol. The van der Waals surface area contributed by atoms with Crippen molar-refractivity contribution in [1.29, 1.82) is 0 Å². The second-order valence-electron chi connectivity index (χ2n) is 4.42. The molecule has 0 aromatic heterocycles. The molecule has 0 aliphatic heterocycles. The van der Waals surface area contributed by atoms with Crippen molar-refractivity contribution < 1.29 is 13.5 Å². The highest BCUT2D eigenvalue weighted by molar-refractivity contribution is 5.67. The van der Waals surface area contributed by atoms with Gasteiger partial charge in [0.1, 0.15) is 0 Å². The second kappa shape index (κ2) is 4.49. The van der Waals surface area contributed by atoms with Crippen molar-refractivity contribution in [3.05, 3.63) is 23.8 Å². The van der Waals surface area contributed by atoms with Crippen LogP contribution in [0.4, 0.5) is 20.2 Å². The molecular weight excluding hydrogens is 226 g/mol. The number of rotatable bonds is 4. The molecule has 3 N–H and O–H groups in total. The van der Waals surface area contributed by atoms with Gasteiger partial charge in [0.05, 0.1) is 17.0 Å². The SMILES string of the molecule is COC1(CNc2c(N)ccc(F)c2F)CCC1. The molecule has 0 heterocycles. The van der Waals surface area contributed by atoms with Gasteiger partial charge in [0.25, 0.3) is 0 Å². The first-order valence-corrected chi connectivity index (χ1v) is 5.60. The molecule has 1 saturated carbocycles. The van der Waals surface area contributed by atoms with E-state index in [9.17, 15) is 8.78 Å². The van der Waals surface area contributed by atoms with Crippen LogP contribution in [0, 0.1) is 11.6 Å². The number of hydrogen-bond donors (Lipinski definition) is 2. The lowest BCUT2D eigenvalue weighted by Gasteiger charge is -2.40. The van der Waals surface area contributed by atoms with Crippen LogP contribution in [0.1, 0.15) is 19.3 Å². The van der Waals surface area contributed by atoms with Crippen LogP contribution in [0.15, 0.2) is 12.1 Å². The quantitative estimate of drug-likeness (QED) is 0.797. The van der Waals surface area contributed by atoms with Crippen molar-refractivity contribution in [3.63, 3.8) is 0 Å². The summed E-state index contributed by atoms with van der Waals surface area (Å²) in [6.45, 7) is 0.439. The first-order valence-electron chi connectivity index (χ1n) is 5.60. The maximum Gasteiger partial charge on any atom is 0.183 e. The van der Waals surface area contributed by atoms with Gasteiger partial charge in [-0.1, -0.05) is 0 Å². The van der Waals surface area contributed by atoms with E-state index in [1.807, 2.05) is 0 Å². The smallest absolute Gasteiger partial charge is 0.183 e. The molecule has 1 aromatic rings. The van der Waals surface area contributed by atoms with Crippen LogP contribution < -0.4 is 11.1 Å². The van der Waals surface area contributed by atoms with Crippen molar-refractivity contribution in [2.24, 2.45) is 0 Å². The molecule has 1 aliphatic carbocycles. The van der Waals surface area contributed by atoms with Crippen LogP contribution >= 0.6 is 0 Å². The van der Waals surface area contributed by atoms with Gasteiger partial charge in [-0.25, -0.2) is 8.78 Å². The summed E-state index contributed by atoms with van der Waals surface area (Å²) in [4.78, 5) is 0. The molecule has 0 amide bonds. The number of hydrogen-bond acceptors (Lipinski definition) is 3. The van der Waals surface area contributed by atoms with Gasteiger partial charge in [0, 0.05) is 13.7 Å². The maximum absolute atomic E-state index is 13.5. The van der Waals surface area contributed by atoms with Gasteiger partial charge in [-0.3, -0.25) is 0 Å². The Hall–Kier alpha value is -1.36. The van der Waals surface area contributed by atoms with Gasteiger partial charge >= 0.3 is 0 Å². The van der Waals surface area contributed by atoms with Crippen molar-refractivity contribution in [3.8, 4) is 0 Å². The fourth-order valence-corrected chi connectivity index (χ4v) is 2.02. The standard InChI is InChI=1S/C12H16F2N2O/c1-17-12(5-2-6-12)7-16-11-9(15)4-3-8(13)10(11)14/h3-4,16H,2,5-7,15H2,1H3. The molecule has 94 valence electrons. The molecule has 1 aromatic carbocycles. The maximum atomic E-state index is 13.5. The Balaban J connectivity index is 2.11. The highest BCUT2D eigenvalue weighted by atomic mass is 19.2. The Morgan fingerprint density at radius 2 is 2.12 bits per heavy atom. The van der Waals surface area contributed by atoms with Crippen molar-refractivity contribution >= 4 is 11.4 Å². The lowest BCUT2D eigenvalue weighted by Crippen LogP contribution is -2.45. The minimum atomic E-state index is -0.935. The largest absolute Gasteiger partial charge is 0.397 e. The van der Waals surface area contributed by atoms with Crippen molar-refractivity contribution in [2.75, 3.05) is 24.7 Å². The van der Waals surface area contributed by atoms with Crippen LogP contribution in [0.2, 0.25) is 0 Å². The molecule has 0 unspecified atom stereocenters. The van der Waals surface area contributed by atoms with Gasteiger partial charge in [-0.2, -0.15) is 0 Å². The Bertz CT molecular complexity index is 414. The molecule has 1 fully saturated rings. The van der Waals surface area contributed by atoms with Gasteiger partial charge in [-0.05, 0) is 31.4 Å². The van der Waals surface area contributed by atoms with E-state index in [0.717, 1.165) is 25.3 Å². The predicted octanol–water partition coefficient (Wildman–Crippen LogP) is 2.53. The summed E-state index contributed by atoms with van der Waals surface area (Å²) in [6, 6.07) is 2.37. The normalized spacial score (nSPS) is 17.6. The molecule has 17 heavy (non-hydrogen) atoms. The van der Waals surface area contributed by atoms with Gasteiger partial charge in [0.15, 0.2) is 11.6 Å². The van der Waals surface area contributed by atoms with Crippen molar-refractivity contribution in [1.82, 2.24) is 0 Å². The third-order valence-electron chi connectivity index (χ3n) is 3.41. The van der Waals surface area contributed by atoms with Crippen LogP contribution in [-0.4, -0.2) is 19.3 Å². The highest BCUT2D eigenvalue weighted by Gasteiger charge is 2.37. The third kappa shape index (κ3) is 2.20. The fraction of sp³-hybridized carbons (Fsp3) is 0.500. The average Bonchev–Trinajstić information content (AvgIpc) is 2.27. The monoisotopic (exact) mass is 242 g/mol. The van der Waals surface area contributed by atoms with E-state index in [-0.39, 0.29) is 17.0 Å². The Kier molecular flexibility index (Phi) is 3.19. The van der Waals surface area contributed by atoms with E-state index >= 15 is 0 Å². The van der Waals surface area contributed by atoms with Gasteiger partial charge in [-0.15, -0.1) is 0 Å². The summed E-state index contributed by atoms with van der Waals surface area (Å²) in [6.07, 6.45) is 2.94. The Morgan fingerprint density at radius 1 is 1.41 bits per heavy atom. The van der Waals surface area contributed by atoms with Crippen LogP contribution in [0.25, 0.3) is 0 Å². The third-order valence-corrected chi connectivity index (χ3v) is 3.41. The van der Waals surface area contributed by atoms with E-state index in [2.05, 4.69) is 5.32 Å². The van der Waals surface area contributed by atoms with E-state index in [1.54, 1.807) is 7.11 Å². The highest BCUT2D eigenvalue weighted by Crippen LogP contribution is 2.36. The number of anilines is 2. The van der Waals surface area contributed by atoms with Crippen molar-refractivity contribution in [2.45, 2.75) is 24.9 Å². The first kappa shape index (κ1) is 12.1. The molecule has 0 spiro atoms. The van der Waals surface area contributed by atoms with Crippen LogP contribution in [0.5, 0.6) is 0 Å². The van der Waals surface area contributed by atoms with E-state index in [1.165, 1.54) is 6.07 Å². The summed E-state index contributed by atoms with van der Waals surface area (Å²) < 4.78 is 31.9. The predicted molar refractivity (Wildman–Crippen MR) is 62.9 cm³/mol. The molecule has 0 radical (unpaired) electrons. The molecule has 0 bridgehead atoms. The number of benzene rings is 1. The first-order chi connectivity index (χ1) is 8.08. The topological polar surface area (TPSA) is 47.3 Å². The summed E-state index contributed by atoms with van der Waals surface area (Å²) in [7, 11) is 1.63. The fourth-order valence-electron chi connectivity index (χ4n) is 2.02. The number of halogens is 2. The van der Waals surface area contributed by atoms with E-state index in [4.69, 9.17) is 10.5 Å². The zero-order chi connectivity index (χ0) is 12.5. The second-order valence-corrected chi connectivity index (χ2v) is 4.42. The molecule has 0 saturated heterocycles. The van der Waals surface area contributed by atoms with Gasteiger partial charge in [0.2, 0.25) is 0 Å². The zero-order valence-electron chi connectivity index (χ0n) is 9.72. The Labute approximate surface area is 98.9 Å². The number of methoxy groups -OCH3 is 1. The minimum absolute atomic E-state index is 0.0216. The molecular formula is C12H16F2N2O. The zero-order valence-corrected chi connectivity index (χ0v) is 9.72. The van der Waals surface area contributed by atoms with Crippen LogP contribution in [0.3, 0.4) is 0 Å². The number of ether oxygens (including phenoxy) is 1. The van der Waals surface area contributed by atoms with Crippen LogP contribution in [-0.2, 0) is 4.74 Å². The summed E-state index contributed by atoms with van der Waals surface area (Å²) in [5, 5.41) is 2.85. The van der Waals surface area contributed by atoms with E-state index < -0.39 is 11.6 Å². The minimum Gasteiger partial charge on any atom is -0.397 e. The number of nitrogens with two attached hydrogens (primary N) is 1. The molecule has 5 heteroatoms. The molecule has 2 rings (SSSR count). The molecule has 3 nitrogen and oxygen atoms in total. The lowest BCUT2D eigenvalue weighted by atomic mass is 9.80. The lowest BCUT2D eigenvalue weighted by molar-refractivity contribution is -0.0601.